The van der Waals surface area contributed by atoms with Gasteiger partial charge in [0.25, 0.3) is 0 Å². The Balaban J connectivity index is 1.16. The minimum atomic E-state index is 0.242. The normalized spacial score (nSPS) is 32.8. The van der Waals surface area contributed by atoms with Crippen LogP contribution in [0.1, 0.15) is 18.4 Å². The molecule has 0 aromatic heterocycles. The Bertz CT molecular complexity index is 730. The van der Waals surface area contributed by atoms with E-state index in [-0.39, 0.29) is 12.2 Å². The average Bonchev–Trinajstić information content (AvgIpc) is 3.42. The lowest BCUT2D eigenvalue weighted by molar-refractivity contribution is -0.0502. The van der Waals surface area contributed by atoms with Crippen molar-refractivity contribution in [3.63, 3.8) is 0 Å². The van der Waals surface area contributed by atoms with Gasteiger partial charge in [0.05, 0.1) is 31.5 Å². The zero-order valence-corrected chi connectivity index (χ0v) is 18.1. The van der Waals surface area contributed by atoms with Crippen molar-refractivity contribution in [3.8, 4) is 0 Å². The highest BCUT2D eigenvalue weighted by molar-refractivity contribution is 5.80. The lowest BCUT2D eigenvalue weighted by atomic mass is 10.1. The number of nitrogens with one attached hydrogen (secondary N) is 1. The third kappa shape index (κ3) is 4.35. The van der Waals surface area contributed by atoms with Crippen molar-refractivity contribution >= 4 is 5.96 Å². The lowest BCUT2D eigenvalue weighted by Gasteiger charge is -2.36. The molecule has 0 bridgehead atoms. The number of morpholine rings is 2. The number of nitrogens with zero attached hydrogens (tertiary/aromatic N) is 4. The molecule has 4 heterocycles. The Morgan fingerprint density at radius 1 is 1.13 bits per heavy atom. The summed E-state index contributed by atoms with van der Waals surface area (Å²) in [6.45, 7) is 8.59. The van der Waals surface area contributed by atoms with Crippen LogP contribution < -0.4 is 5.32 Å². The van der Waals surface area contributed by atoms with E-state index < -0.39 is 0 Å². The molecule has 4 fully saturated rings. The van der Waals surface area contributed by atoms with Gasteiger partial charge in [0.15, 0.2) is 5.96 Å². The number of aliphatic imine (C=N–C) groups is 1. The molecular weight excluding hydrogens is 378 g/mol. The number of benzene rings is 1. The number of hydrogen-bond acceptors (Lipinski definition) is 5. The number of likely N-dealkylation sites (tertiary alicyclic amines) is 1. The predicted molar refractivity (Wildman–Crippen MR) is 118 cm³/mol. The van der Waals surface area contributed by atoms with Crippen LogP contribution >= 0.6 is 0 Å². The van der Waals surface area contributed by atoms with E-state index in [1.54, 1.807) is 0 Å². The summed E-state index contributed by atoms with van der Waals surface area (Å²) in [6, 6.07) is 11.8. The van der Waals surface area contributed by atoms with Gasteiger partial charge in [-0.3, -0.25) is 14.8 Å². The highest BCUT2D eigenvalue weighted by Crippen LogP contribution is 2.25. The maximum atomic E-state index is 6.14. The predicted octanol–water partition coefficient (Wildman–Crippen LogP) is 1.01. The van der Waals surface area contributed by atoms with E-state index in [0.29, 0.717) is 12.1 Å². The summed E-state index contributed by atoms with van der Waals surface area (Å²) in [6.07, 6.45) is 3.09. The van der Waals surface area contributed by atoms with Crippen LogP contribution in [-0.2, 0) is 16.0 Å². The zero-order valence-electron chi connectivity index (χ0n) is 18.1. The SMILES string of the molecule is CN=C(NCC1CN2CCCC2CO1)N1CC2OCCN(Cc3ccccc3)C2C1. The first-order valence-electron chi connectivity index (χ1n) is 11.5. The standard InChI is InChI=1S/C23H35N5O2/c1-24-23(25-12-20-14-26-9-5-8-19(26)17-30-20)28-15-21-22(16-28)29-11-10-27(21)13-18-6-3-2-4-7-18/h2-4,6-7,19-22H,5,8-17H2,1H3,(H,24,25). The van der Waals surface area contributed by atoms with Crippen LogP contribution in [0.4, 0.5) is 0 Å². The van der Waals surface area contributed by atoms with E-state index in [0.717, 1.165) is 58.4 Å². The second-order valence-electron chi connectivity index (χ2n) is 9.01. The highest BCUT2D eigenvalue weighted by atomic mass is 16.5. The summed E-state index contributed by atoms with van der Waals surface area (Å²) < 4.78 is 12.3. The minimum absolute atomic E-state index is 0.242. The first-order chi connectivity index (χ1) is 14.8. The summed E-state index contributed by atoms with van der Waals surface area (Å²) in [5, 5.41) is 3.59. The van der Waals surface area contributed by atoms with Crippen LogP contribution in [0.3, 0.4) is 0 Å². The van der Waals surface area contributed by atoms with Gasteiger partial charge < -0.3 is 19.7 Å². The Morgan fingerprint density at radius 3 is 2.90 bits per heavy atom. The molecule has 5 rings (SSSR count). The van der Waals surface area contributed by atoms with Gasteiger partial charge in [-0.1, -0.05) is 30.3 Å². The molecular formula is C23H35N5O2. The van der Waals surface area contributed by atoms with Gasteiger partial charge in [0.1, 0.15) is 0 Å². The maximum Gasteiger partial charge on any atom is 0.193 e. The molecule has 4 atom stereocenters. The molecule has 4 aliphatic heterocycles. The first kappa shape index (κ1) is 20.2. The van der Waals surface area contributed by atoms with E-state index in [2.05, 4.69) is 55.3 Å². The Kier molecular flexibility index (Phi) is 6.22. The number of guanidine groups is 1. The fraction of sp³-hybridized carbons (Fsp3) is 0.696. The molecule has 1 aromatic rings. The quantitative estimate of drug-likeness (QED) is 0.587. The van der Waals surface area contributed by atoms with Gasteiger partial charge in [-0.25, -0.2) is 0 Å². The van der Waals surface area contributed by atoms with Crippen molar-refractivity contribution in [2.24, 2.45) is 4.99 Å². The second-order valence-corrected chi connectivity index (χ2v) is 9.01. The van der Waals surface area contributed by atoms with Crippen molar-refractivity contribution in [2.75, 3.05) is 59.5 Å². The van der Waals surface area contributed by atoms with Crippen molar-refractivity contribution < 1.29 is 9.47 Å². The molecule has 4 unspecified atom stereocenters. The van der Waals surface area contributed by atoms with E-state index in [4.69, 9.17) is 9.47 Å². The summed E-state index contributed by atoms with van der Waals surface area (Å²) in [4.78, 5) is 12.1. The zero-order chi connectivity index (χ0) is 20.3. The average molecular weight is 414 g/mol. The fourth-order valence-electron chi connectivity index (χ4n) is 5.49. The van der Waals surface area contributed by atoms with Crippen LogP contribution in [0.15, 0.2) is 35.3 Å². The number of fused-ring (bicyclic) bond motifs is 2. The first-order valence-corrected chi connectivity index (χ1v) is 11.5. The molecule has 164 valence electrons. The minimum Gasteiger partial charge on any atom is -0.373 e. The molecule has 0 aliphatic carbocycles. The van der Waals surface area contributed by atoms with Crippen molar-refractivity contribution in [2.45, 2.75) is 43.7 Å². The van der Waals surface area contributed by atoms with Crippen LogP contribution in [0, 0.1) is 0 Å². The largest absolute Gasteiger partial charge is 0.373 e. The number of rotatable bonds is 4. The van der Waals surface area contributed by atoms with E-state index >= 15 is 0 Å². The third-order valence-electron chi connectivity index (χ3n) is 7.11. The van der Waals surface area contributed by atoms with Crippen molar-refractivity contribution in [1.29, 1.82) is 0 Å². The number of hydrogen-bond donors (Lipinski definition) is 1. The topological polar surface area (TPSA) is 52.6 Å². The molecule has 1 N–H and O–H groups in total. The van der Waals surface area contributed by atoms with Gasteiger partial charge in [-0.15, -0.1) is 0 Å². The van der Waals surface area contributed by atoms with Gasteiger partial charge in [0.2, 0.25) is 0 Å². The highest BCUT2D eigenvalue weighted by Gasteiger charge is 2.41. The molecule has 0 saturated carbocycles. The van der Waals surface area contributed by atoms with Crippen molar-refractivity contribution in [3.05, 3.63) is 35.9 Å². The van der Waals surface area contributed by atoms with Crippen LogP contribution in [0.2, 0.25) is 0 Å². The smallest absolute Gasteiger partial charge is 0.193 e. The monoisotopic (exact) mass is 413 g/mol. The fourth-order valence-corrected chi connectivity index (χ4v) is 5.49. The molecule has 30 heavy (non-hydrogen) atoms. The van der Waals surface area contributed by atoms with Crippen molar-refractivity contribution in [1.82, 2.24) is 20.0 Å². The Morgan fingerprint density at radius 2 is 2.03 bits per heavy atom. The molecule has 0 amide bonds. The second kappa shape index (κ2) is 9.22. The van der Waals surface area contributed by atoms with Crippen LogP contribution in [0.25, 0.3) is 0 Å². The molecule has 0 spiro atoms. The summed E-state index contributed by atoms with van der Waals surface area (Å²) in [5.41, 5.74) is 1.37. The summed E-state index contributed by atoms with van der Waals surface area (Å²) in [7, 11) is 1.88. The summed E-state index contributed by atoms with van der Waals surface area (Å²) >= 11 is 0. The van der Waals surface area contributed by atoms with Crippen LogP contribution in [-0.4, -0.2) is 104 Å². The molecule has 4 saturated heterocycles. The van der Waals surface area contributed by atoms with E-state index in [1.807, 2.05) is 7.05 Å². The molecule has 7 heteroatoms. The van der Waals surface area contributed by atoms with Gasteiger partial charge >= 0.3 is 0 Å². The third-order valence-corrected chi connectivity index (χ3v) is 7.11. The van der Waals surface area contributed by atoms with E-state index in [1.165, 1.54) is 24.9 Å². The maximum absolute atomic E-state index is 6.14. The molecule has 0 radical (unpaired) electrons. The van der Waals surface area contributed by atoms with Gasteiger partial charge in [0, 0.05) is 52.4 Å². The summed E-state index contributed by atoms with van der Waals surface area (Å²) in [5.74, 6) is 0.972. The number of ether oxygens (including phenoxy) is 2. The van der Waals surface area contributed by atoms with Gasteiger partial charge in [-0.05, 0) is 24.9 Å². The van der Waals surface area contributed by atoms with E-state index in [9.17, 15) is 0 Å². The Labute approximate surface area is 180 Å². The molecule has 1 aromatic carbocycles. The molecule has 7 nitrogen and oxygen atoms in total. The molecule has 4 aliphatic rings. The van der Waals surface area contributed by atoms with Gasteiger partial charge in [-0.2, -0.15) is 0 Å². The van der Waals surface area contributed by atoms with Crippen LogP contribution in [0.5, 0.6) is 0 Å². The Hall–Kier alpha value is -1.67. The lowest BCUT2D eigenvalue weighted by Crippen LogP contribution is -2.52.